The van der Waals surface area contributed by atoms with E-state index in [0.717, 1.165) is 0 Å². The van der Waals surface area contributed by atoms with E-state index >= 15 is 0 Å². The summed E-state index contributed by atoms with van der Waals surface area (Å²) >= 11 is 0. The number of nitrogens with zero attached hydrogens (tertiary/aromatic N) is 1. The van der Waals surface area contributed by atoms with Gasteiger partial charge < -0.3 is 20.1 Å². The lowest BCUT2D eigenvalue weighted by atomic mass is 10.1. The molecule has 1 aliphatic rings. The van der Waals surface area contributed by atoms with E-state index in [2.05, 4.69) is 0 Å². The van der Waals surface area contributed by atoms with Crippen molar-refractivity contribution in [1.29, 1.82) is 0 Å². The zero-order chi connectivity index (χ0) is 13.9. The summed E-state index contributed by atoms with van der Waals surface area (Å²) in [6, 6.07) is -0.392. The fourth-order valence-electron chi connectivity index (χ4n) is 1.80. The van der Waals surface area contributed by atoms with Gasteiger partial charge in [0.05, 0.1) is 12.5 Å². The van der Waals surface area contributed by atoms with Gasteiger partial charge in [-0.1, -0.05) is 0 Å². The third kappa shape index (κ3) is 5.24. The third-order valence-electron chi connectivity index (χ3n) is 2.61. The molecule has 0 unspecified atom stereocenters. The number of carbonyl (C=O) groups is 2. The van der Waals surface area contributed by atoms with Crippen LogP contribution in [-0.2, 0) is 14.3 Å². The minimum Gasteiger partial charge on any atom is -0.466 e. The molecule has 1 aliphatic heterocycles. The molecule has 0 bridgehead atoms. The Bertz CT molecular complexity index is 330. The maximum atomic E-state index is 11.8. The van der Waals surface area contributed by atoms with E-state index in [4.69, 9.17) is 15.2 Å². The monoisotopic (exact) mass is 294 g/mol. The minimum absolute atomic E-state index is 0. The van der Waals surface area contributed by atoms with E-state index in [9.17, 15) is 9.59 Å². The van der Waals surface area contributed by atoms with Gasteiger partial charge in [0.2, 0.25) is 0 Å². The summed E-state index contributed by atoms with van der Waals surface area (Å²) in [7, 11) is 0. The molecular formula is C12H23ClN2O4. The van der Waals surface area contributed by atoms with Gasteiger partial charge in [-0.05, 0) is 27.7 Å². The molecule has 1 rings (SSSR count). The summed E-state index contributed by atoms with van der Waals surface area (Å²) in [5.41, 5.74) is 5.30. The van der Waals surface area contributed by atoms with Gasteiger partial charge in [0, 0.05) is 19.1 Å². The fraction of sp³-hybridized carbons (Fsp3) is 0.833. The number of rotatable bonds is 2. The van der Waals surface area contributed by atoms with Crippen LogP contribution in [0.1, 0.15) is 27.7 Å². The van der Waals surface area contributed by atoms with Crippen molar-refractivity contribution in [3.63, 3.8) is 0 Å². The van der Waals surface area contributed by atoms with Crippen LogP contribution in [0.25, 0.3) is 0 Å². The molecule has 0 saturated carbocycles. The average Bonchev–Trinajstić information content (AvgIpc) is 2.58. The average molecular weight is 295 g/mol. The zero-order valence-corrected chi connectivity index (χ0v) is 12.7. The van der Waals surface area contributed by atoms with Crippen molar-refractivity contribution in [3.05, 3.63) is 0 Å². The molecule has 2 N–H and O–H groups in total. The number of likely N-dealkylation sites (tertiary alicyclic amines) is 1. The SMILES string of the molecule is CCOC(=O)[C@@H]1CN(C(=O)OC(C)(C)C)C[C@@H]1N.Cl. The van der Waals surface area contributed by atoms with Gasteiger partial charge in [0.15, 0.2) is 0 Å². The topological polar surface area (TPSA) is 81.9 Å². The minimum atomic E-state index is -0.552. The number of hydrogen-bond donors (Lipinski definition) is 1. The predicted molar refractivity (Wildman–Crippen MR) is 73.2 cm³/mol. The molecule has 0 aromatic carbocycles. The van der Waals surface area contributed by atoms with E-state index in [1.54, 1.807) is 27.7 Å². The standard InChI is InChI=1S/C12H22N2O4.ClH/c1-5-17-10(15)8-6-14(7-9(8)13)11(16)18-12(2,3)4;/h8-9H,5-7,13H2,1-4H3;1H/t8-,9+;/m1./s1. The summed E-state index contributed by atoms with van der Waals surface area (Å²) in [4.78, 5) is 24.9. The molecule has 0 radical (unpaired) electrons. The van der Waals surface area contributed by atoms with Gasteiger partial charge >= 0.3 is 12.1 Å². The van der Waals surface area contributed by atoms with Gasteiger partial charge in [-0.3, -0.25) is 4.79 Å². The Morgan fingerprint density at radius 1 is 1.32 bits per heavy atom. The number of nitrogens with two attached hydrogens (primary N) is 1. The summed E-state index contributed by atoms with van der Waals surface area (Å²) in [6.45, 7) is 8.02. The number of ether oxygens (including phenoxy) is 2. The predicted octanol–water partition coefficient (Wildman–Crippen LogP) is 1.17. The Balaban J connectivity index is 0.00000324. The normalized spacial score (nSPS) is 22.7. The second-order valence-corrected chi connectivity index (χ2v) is 5.41. The van der Waals surface area contributed by atoms with Crippen LogP contribution in [0, 0.1) is 5.92 Å². The molecular weight excluding hydrogens is 272 g/mol. The van der Waals surface area contributed by atoms with E-state index in [1.807, 2.05) is 0 Å². The van der Waals surface area contributed by atoms with E-state index in [1.165, 1.54) is 4.90 Å². The molecule has 1 heterocycles. The Labute approximate surface area is 120 Å². The molecule has 0 aromatic heterocycles. The smallest absolute Gasteiger partial charge is 0.410 e. The van der Waals surface area contributed by atoms with Gasteiger partial charge in [-0.25, -0.2) is 4.79 Å². The molecule has 6 nitrogen and oxygen atoms in total. The molecule has 1 saturated heterocycles. The highest BCUT2D eigenvalue weighted by atomic mass is 35.5. The van der Waals surface area contributed by atoms with Crippen LogP contribution >= 0.6 is 12.4 Å². The molecule has 0 aliphatic carbocycles. The molecule has 0 spiro atoms. The fourth-order valence-corrected chi connectivity index (χ4v) is 1.80. The molecule has 1 amide bonds. The number of esters is 1. The first kappa shape index (κ1) is 18.0. The number of hydrogen-bond acceptors (Lipinski definition) is 5. The highest BCUT2D eigenvalue weighted by Gasteiger charge is 2.39. The Morgan fingerprint density at radius 3 is 2.37 bits per heavy atom. The third-order valence-corrected chi connectivity index (χ3v) is 2.61. The zero-order valence-electron chi connectivity index (χ0n) is 11.8. The summed E-state index contributed by atoms with van der Waals surface area (Å²) in [5, 5.41) is 0. The van der Waals surface area contributed by atoms with Crippen LogP contribution in [0.3, 0.4) is 0 Å². The first-order valence-electron chi connectivity index (χ1n) is 6.14. The Morgan fingerprint density at radius 2 is 1.89 bits per heavy atom. The molecule has 1 fully saturated rings. The van der Waals surface area contributed by atoms with Gasteiger partial charge in [0.25, 0.3) is 0 Å². The van der Waals surface area contributed by atoms with Crippen molar-refractivity contribution in [2.24, 2.45) is 11.7 Å². The molecule has 112 valence electrons. The highest BCUT2D eigenvalue weighted by molar-refractivity contribution is 5.85. The first-order chi connectivity index (χ1) is 8.24. The van der Waals surface area contributed by atoms with E-state index in [-0.39, 0.29) is 24.9 Å². The van der Waals surface area contributed by atoms with Crippen molar-refractivity contribution in [2.75, 3.05) is 19.7 Å². The summed E-state index contributed by atoms with van der Waals surface area (Å²) in [6.07, 6.45) is -0.440. The molecule has 2 atom stereocenters. The maximum Gasteiger partial charge on any atom is 0.410 e. The number of amides is 1. The van der Waals surface area contributed by atoms with Gasteiger partial charge in [-0.2, -0.15) is 0 Å². The van der Waals surface area contributed by atoms with Crippen LogP contribution in [-0.4, -0.2) is 48.3 Å². The molecule has 0 aromatic rings. The largest absolute Gasteiger partial charge is 0.466 e. The number of carbonyl (C=O) groups excluding carboxylic acids is 2. The molecule has 7 heteroatoms. The van der Waals surface area contributed by atoms with Crippen LogP contribution in [0.15, 0.2) is 0 Å². The van der Waals surface area contributed by atoms with Gasteiger partial charge in [-0.15, -0.1) is 12.4 Å². The second kappa shape index (κ2) is 6.96. The second-order valence-electron chi connectivity index (χ2n) is 5.41. The summed E-state index contributed by atoms with van der Waals surface area (Å²) < 4.78 is 10.2. The van der Waals surface area contributed by atoms with Gasteiger partial charge in [0.1, 0.15) is 5.60 Å². The first-order valence-corrected chi connectivity index (χ1v) is 6.14. The van der Waals surface area contributed by atoms with Crippen LogP contribution in [0.4, 0.5) is 4.79 Å². The number of halogens is 1. The summed E-state index contributed by atoms with van der Waals surface area (Å²) in [5.74, 6) is -0.812. The highest BCUT2D eigenvalue weighted by Crippen LogP contribution is 2.20. The van der Waals surface area contributed by atoms with Crippen molar-refractivity contribution in [1.82, 2.24) is 4.90 Å². The van der Waals surface area contributed by atoms with E-state index in [0.29, 0.717) is 13.2 Å². The molecule has 19 heavy (non-hydrogen) atoms. The van der Waals surface area contributed by atoms with E-state index < -0.39 is 23.7 Å². The van der Waals surface area contributed by atoms with Crippen molar-refractivity contribution in [2.45, 2.75) is 39.3 Å². The van der Waals surface area contributed by atoms with Crippen LogP contribution in [0.5, 0.6) is 0 Å². The van der Waals surface area contributed by atoms with Crippen molar-refractivity contribution >= 4 is 24.5 Å². The Kier molecular flexibility index (Phi) is 6.59. The lowest BCUT2D eigenvalue weighted by molar-refractivity contribution is -0.147. The maximum absolute atomic E-state index is 11.8. The van der Waals surface area contributed by atoms with Crippen molar-refractivity contribution < 1.29 is 19.1 Å². The van der Waals surface area contributed by atoms with Crippen molar-refractivity contribution in [3.8, 4) is 0 Å². The lowest BCUT2D eigenvalue weighted by Gasteiger charge is -2.24. The Hall–Kier alpha value is -1.01. The van der Waals surface area contributed by atoms with Crippen LogP contribution < -0.4 is 5.73 Å². The lowest BCUT2D eigenvalue weighted by Crippen LogP contribution is -2.36. The quantitative estimate of drug-likeness (QED) is 0.773. The van der Waals surface area contributed by atoms with Crippen LogP contribution in [0.2, 0.25) is 0 Å².